The Morgan fingerprint density at radius 1 is 1.26 bits per heavy atom. The van der Waals surface area contributed by atoms with Crippen LogP contribution in [-0.4, -0.2) is 34.2 Å². The van der Waals surface area contributed by atoms with E-state index >= 15 is 0 Å². The maximum absolute atomic E-state index is 11.9. The number of aromatic hydroxyl groups is 1. The van der Waals surface area contributed by atoms with E-state index in [0.717, 1.165) is 24.2 Å². The van der Waals surface area contributed by atoms with Crippen LogP contribution in [0.1, 0.15) is 55.1 Å². The van der Waals surface area contributed by atoms with Crippen molar-refractivity contribution in [3.63, 3.8) is 0 Å². The molecule has 0 amide bonds. The van der Waals surface area contributed by atoms with Crippen LogP contribution < -0.4 is 10.6 Å². The van der Waals surface area contributed by atoms with Crippen molar-refractivity contribution in [3.8, 4) is 5.75 Å². The molecule has 0 fully saturated rings. The lowest BCUT2D eigenvalue weighted by Gasteiger charge is -2.18. The molecular weight excluding hydrogens is 344 g/mol. The predicted molar refractivity (Wildman–Crippen MR) is 107 cm³/mol. The molecular formula is C20H28N4O3. The van der Waals surface area contributed by atoms with E-state index in [-0.39, 0.29) is 11.3 Å². The van der Waals surface area contributed by atoms with Crippen molar-refractivity contribution in [2.75, 3.05) is 17.7 Å². The van der Waals surface area contributed by atoms with E-state index in [1.165, 1.54) is 13.2 Å². The maximum atomic E-state index is 11.9. The molecule has 0 unspecified atom stereocenters. The minimum atomic E-state index is -0.591. The van der Waals surface area contributed by atoms with Gasteiger partial charge in [0.2, 0.25) is 5.95 Å². The number of phenolic OH excluding ortho intramolecular Hbond substituents is 1. The average molecular weight is 372 g/mol. The molecule has 0 aliphatic rings. The SMILES string of the molecule is CCc1cc(Nc2ncc(C)c(NC(CC)CC)n2)cc(C(=O)OC)c1O. The van der Waals surface area contributed by atoms with Gasteiger partial charge >= 0.3 is 5.97 Å². The fraction of sp³-hybridized carbons (Fsp3) is 0.450. The molecule has 7 nitrogen and oxygen atoms in total. The number of nitrogens with zero attached hydrogens (tertiary/aromatic N) is 2. The van der Waals surface area contributed by atoms with Crippen LogP contribution in [0.3, 0.4) is 0 Å². The summed E-state index contributed by atoms with van der Waals surface area (Å²) in [5, 5.41) is 16.8. The zero-order chi connectivity index (χ0) is 20.0. The molecule has 1 aromatic heterocycles. The Balaban J connectivity index is 2.35. The van der Waals surface area contributed by atoms with E-state index in [1.807, 2.05) is 13.8 Å². The number of ether oxygens (including phenoxy) is 1. The lowest BCUT2D eigenvalue weighted by molar-refractivity contribution is 0.0597. The highest BCUT2D eigenvalue weighted by atomic mass is 16.5. The molecule has 0 radical (unpaired) electrons. The molecule has 0 aliphatic carbocycles. The first-order valence-corrected chi connectivity index (χ1v) is 9.24. The van der Waals surface area contributed by atoms with Crippen molar-refractivity contribution < 1.29 is 14.6 Å². The number of carbonyl (C=O) groups excluding carboxylic acids is 1. The molecule has 0 atom stereocenters. The predicted octanol–water partition coefficient (Wildman–Crippen LogP) is 4.18. The quantitative estimate of drug-likeness (QED) is 0.472. The second-order valence-electron chi connectivity index (χ2n) is 6.38. The van der Waals surface area contributed by atoms with Gasteiger partial charge in [0.15, 0.2) is 0 Å². The number of esters is 1. The first kappa shape index (κ1) is 20.5. The summed E-state index contributed by atoms with van der Waals surface area (Å²) in [6.45, 7) is 8.13. The Bertz CT molecular complexity index is 804. The third kappa shape index (κ3) is 4.87. The van der Waals surface area contributed by atoms with Gasteiger partial charge in [0.1, 0.15) is 17.1 Å². The first-order chi connectivity index (χ1) is 12.9. The van der Waals surface area contributed by atoms with Gasteiger partial charge in [-0.25, -0.2) is 9.78 Å². The Hall–Kier alpha value is -2.83. The largest absolute Gasteiger partial charge is 0.507 e. The number of hydrogen-bond donors (Lipinski definition) is 3. The summed E-state index contributed by atoms with van der Waals surface area (Å²) >= 11 is 0. The Morgan fingerprint density at radius 3 is 2.56 bits per heavy atom. The van der Waals surface area contributed by atoms with Gasteiger partial charge in [-0.1, -0.05) is 20.8 Å². The van der Waals surface area contributed by atoms with Crippen molar-refractivity contribution in [2.24, 2.45) is 0 Å². The zero-order valence-electron chi connectivity index (χ0n) is 16.6. The van der Waals surface area contributed by atoms with E-state index < -0.39 is 5.97 Å². The fourth-order valence-corrected chi connectivity index (χ4v) is 2.77. The summed E-state index contributed by atoms with van der Waals surface area (Å²) < 4.78 is 4.76. The molecule has 2 rings (SSSR count). The number of phenols is 1. The molecule has 1 aromatic carbocycles. The van der Waals surface area contributed by atoms with E-state index in [1.54, 1.807) is 12.3 Å². The summed E-state index contributed by atoms with van der Waals surface area (Å²) in [4.78, 5) is 20.8. The highest BCUT2D eigenvalue weighted by Gasteiger charge is 2.17. The number of hydrogen-bond acceptors (Lipinski definition) is 7. The summed E-state index contributed by atoms with van der Waals surface area (Å²) in [6, 6.07) is 3.66. The lowest BCUT2D eigenvalue weighted by atomic mass is 10.1. The van der Waals surface area contributed by atoms with Crippen molar-refractivity contribution in [3.05, 3.63) is 35.0 Å². The van der Waals surface area contributed by atoms with E-state index in [0.29, 0.717) is 29.7 Å². The highest BCUT2D eigenvalue weighted by Crippen LogP contribution is 2.29. The molecule has 0 saturated carbocycles. The van der Waals surface area contributed by atoms with Crippen LogP contribution >= 0.6 is 0 Å². The monoisotopic (exact) mass is 372 g/mol. The molecule has 3 N–H and O–H groups in total. The average Bonchev–Trinajstić information content (AvgIpc) is 2.68. The standard InChI is InChI=1S/C20H28N4O3/c1-6-13-9-15(10-16(17(13)25)19(26)27-5)23-20-21-11-12(4)18(24-20)22-14(7-2)8-3/h9-11,14,25H,6-8H2,1-5H3,(H2,21,22,23,24). The van der Waals surface area contributed by atoms with E-state index in [9.17, 15) is 9.90 Å². The minimum absolute atomic E-state index is 0.0594. The number of benzene rings is 1. The van der Waals surface area contributed by atoms with E-state index in [2.05, 4.69) is 34.4 Å². The summed E-state index contributed by atoms with van der Waals surface area (Å²) in [6.07, 6.45) is 4.33. The Kier molecular flexibility index (Phi) is 6.98. The highest BCUT2D eigenvalue weighted by molar-refractivity contribution is 5.94. The zero-order valence-corrected chi connectivity index (χ0v) is 16.6. The van der Waals surface area contributed by atoms with Gasteiger partial charge in [-0.2, -0.15) is 4.98 Å². The molecule has 0 saturated heterocycles. The molecule has 7 heteroatoms. The van der Waals surface area contributed by atoms with E-state index in [4.69, 9.17) is 4.74 Å². The molecule has 1 heterocycles. The van der Waals surface area contributed by atoms with Crippen LogP contribution in [0, 0.1) is 6.92 Å². The molecule has 0 bridgehead atoms. The second-order valence-corrected chi connectivity index (χ2v) is 6.38. The molecule has 0 spiro atoms. The number of carbonyl (C=O) groups is 1. The number of aromatic nitrogens is 2. The lowest BCUT2D eigenvalue weighted by Crippen LogP contribution is -2.19. The smallest absolute Gasteiger partial charge is 0.341 e. The second kappa shape index (κ2) is 9.21. The van der Waals surface area contributed by atoms with Crippen molar-refractivity contribution in [1.29, 1.82) is 0 Å². The van der Waals surface area contributed by atoms with Gasteiger partial charge in [-0.15, -0.1) is 0 Å². The number of nitrogens with one attached hydrogen (secondary N) is 2. The number of anilines is 3. The van der Waals surface area contributed by atoms with Gasteiger partial charge in [0, 0.05) is 23.5 Å². The van der Waals surface area contributed by atoms with Gasteiger partial charge in [0.25, 0.3) is 0 Å². The normalized spacial score (nSPS) is 10.7. The van der Waals surface area contributed by atoms with Crippen LogP contribution in [0.25, 0.3) is 0 Å². The minimum Gasteiger partial charge on any atom is -0.507 e. The summed E-state index contributed by atoms with van der Waals surface area (Å²) in [5.74, 6) is 0.545. The molecule has 27 heavy (non-hydrogen) atoms. The first-order valence-electron chi connectivity index (χ1n) is 9.24. The van der Waals surface area contributed by atoms with Crippen LogP contribution in [0.2, 0.25) is 0 Å². The van der Waals surface area contributed by atoms with Crippen LogP contribution in [-0.2, 0) is 11.2 Å². The van der Waals surface area contributed by atoms with Crippen LogP contribution in [0.4, 0.5) is 17.5 Å². The fourth-order valence-electron chi connectivity index (χ4n) is 2.77. The molecule has 0 aliphatic heterocycles. The third-order valence-corrected chi connectivity index (χ3v) is 4.53. The summed E-state index contributed by atoms with van der Waals surface area (Å²) in [5.41, 5.74) is 2.33. The Labute approximate surface area is 160 Å². The summed E-state index contributed by atoms with van der Waals surface area (Å²) in [7, 11) is 1.28. The number of aryl methyl sites for hydroxylation is 2. The Morgan fingerprint density at radius 2 is 1.96 bits per heavy atom. The maximum Gasteiger partial charge on any atom is 0.341 e. The topological polar surface area (TPSA) is 96.4 Å². The number of methoxy groups -OCH3 is 1. The van der Waals surface area contributed by atoms with Gasteiger partial charge in [-0.3, -0.25) is 0 Å². The van der Waals surface area contributed by atoms with Gasteiger partial charge in [-0.05, 0) is 43.9 Å². The molecule has 2 aromatic rings. The third-order valence-electron chi connectivity index (χ3n) is 4.53. The van der Waals surface area contributed by atoms with Crippen molar-refractivity contribution >= 4 is 23.4 Å². The van der Waals surface area contributed by atoms with Crippen LogP contribution in [0.15, 0.2) is 18.3 Å². The molecule has 146 valence electrons. The van der Waals surface area contributed by atoms with Crippen molar-refractivity contribution in [1.82, 2.24) is 9.97 Å². The number of rotatable bonds is 8. The van der Waals surface area contributed by atoms with Gasteiger partial charge < -0.3 is 20.5 Å². The van der Waals surface area contributed by atoms with Gasteiger partial charge in [0.05, 0.1) is 7.11 Å². The van der Waals surface area contributed by atoms with Crippen LogP contribution in [0.5, 0.6) is 5.75 Å². The van der Waals surface area contributed by atoms with Crippen molar-refractivity contribution in [2.45, 2.75) is 53.0 Å².